The molecule has 3 aliphatic heterocycles. The van der Waals surface area contributed by atoms with Crippen molar-refractivity contribution >= 4 is 47.0 Å². The minimum Gasteiger partial charge on any atom is -0.460 e. The summed E-state index contributed by atoms with van der Waals surface area (Å²) in [6.07, 6.45) is 10.8. The molecule has 17 nitrogen and oxygen atoms in total. The number of ketones is 3. The Hall–Kier alpha value is -3.59. The lowest BCUT2D eigenvalue weighted by Gasteiger charge is -2.42. The Kier molecular flexibility index (Phi) is 27.7. The average Bonchev–Trinajstić information content (AvgIpc) is 3.40. The highest BCUT2D eigenvalue weighted by Crippen LogP contribution is 2.38. The van der Waals surface area contributed by atoms with E-state index in [2.05, 4.69) is 0 Å². The first-order valence-electron chi connectivity index (χ1n) is 27.5. The third-order valence-electron chi connectivity index (χ3n) is 15.8. The van der Waals surface area contributed by atoms with Gasteiger partial charge in [-0.25, -0.2) is 4.79 Å². The van der Waals surface area contributed by atoms with Gasteiger partial charge in [0.2, 0.25) is 5.79 Å². The largest absolute Gasteiger partial charge is 0.460 e. The number of Topliss-reactive ketones (excluding diaryl/α,β-unsaturated/α-hetero) is 3. The highest BCUT2D eigenvalue weighted by Gasteiger charge is 2.53. The van der Waals surface area contributed by atoms with Crippen LogP contribution in [0.25, 0.3) is 0 Å². The molecule has 2 N–H and O–H groups in total. The van der Waals surface area contributed by atoms with Crippen LogP contribution < -0.4 is 0 Å². The Balaban J connectivity index is 1.63. The number of cyclic esters (lactones) is 1. The minimum absolute atomic E-state index is 0.00304. The number of allylic oxidation sites excluding steroid dienone is 6. The fraction of sp³-hybridized carbons (Fsp3) is 0.759. The van der Waals surface area contributed by atoms with Crippen molar-refractivity contribution in [2.75, 3.05) is 66.3 Å². The van der Waals surface area contributed by atoms with E-state index < -0.39 is 89.8 Å². The number of aliphatic hydroxyl groups excluding tert-OH is 1. The number of piperidine rings is 1. The van der Waals surface area contributed by atoms with Crippen molar-refractivity contribution in [2.24, 2.45) is 35.5 Å². The van der Waals surface area contributed by atoms with E-state index in [1.807, 2.05) is 58.1 Å². The molecule has 0 radical (unpaired) electrons. The monoisotopic (exact) mass is 1090 g/mol. The molecule has 2 saturated heterocycles. The zero-order valence-corrected chi connectivity index (χ0v) is 48.1. The first kappa shape index (κ1) is 64.9. The lowest BCUT2D eigenvalue weighted by molar-refractivity contribution is -0.265. The molecule has 76 heavy (non-hydrogen) atoms. The summed E-state index contributed by atoms with van der Waals surface area (Å²) in [6, 6.07) is -1.18. The van der Waals surface area contributed by atoms with Gasteiger partial charge in [0.15, 0.2) is 5.78 Å². The Labute approximate surface area is 456 Å². The van der Waals surface area contributed by atoms with Gasteiger partial charge < -0.3 is 53.0 Å². The van der Waals surface area contributed by atoms with Crippen LogP contribution in [0, 0.1) is 35.5 Å². The molecular weight excluding hydrogens is 999 g/mol. The maximum atomic E-state index is 14.6. The summed E-state index contributed by atoms with van der Waals surface area (Å²) in [7, 11) is 6.14. The van der Waals surface area contributed by atoms with Crippen molar-refractivity contribution in [3.63, 3.8) is 0 Å². The van der Waals surface area contributed by atoms with Crippen molar-refractivity contribution in [1.82, 2.24) is 4.90 Å². The molecule has 0 unspecified atom stereocenters. The number of nitrogens with zero attached hydrogens (tertiary/aromatic N) is 1. The quantitative estimate of drug-likeness (QED) is 0.0721. The Morgan fingerprint density at radius 1 is 0.855 bits per heavy atom. The van der Waals surface area contributed by atoms with E-state index in [1.165, 1.54) is 23.8 Å². The maximum Gasteiger partial charge on any atom is 0.329 e. The van der Waals surface area contributed by atoms with Crippen LogP contribution in [-0.4, -0.2) is 171 Å². The van der Waals surface area contributed by atoms with Crippen LogP contribution in [0.4, 0.5) is 0 Å². The van der Waals surface area contributed by atoms with Gasteiger partial charge >= 0.3 is 11.9 Å². The third kappa shape index (κ3) is 19.1. The molecule has 3 heterocycles. The van der Waals surface area contributed by atoms with Gasteiger partial charge in [0.1, 0.15) is 36.2 Å². The standard InChI is InChI=1S/C58H91NO16S/c1-36-17-13-12-14-18-37(2)48(69-9)33-44-22-20-42(7)58(67,75-44)55(64)56(65)59-24-16-15-19-45(59)57(66)74-49(34-46(60)38(3)30-41(6)53(63)54(71-11)52(62)40(5)29-36)39(4)31-43-21-23-47(50(32-43)70-10)73-51(61)35-76-28-27-72-26-25-68-8/h12-14,17-18,30,36,38-40,42-45,47-50,53-54,63,67H,15-16,19-29,31-35H2,1-11H3/b14-12+,17-13+,37-18+,41-30+/t36-,38-,39-,40-,42-,43+,44+,45+,47-,48+,49+,50-,53-,54+,58-/m1/s1. The van der Waals surface area contributed by atoms with Crippen LogP contribution in [0.15, 0.2) is 47.6 Å². The van der Waals surface area contributed by atoms with Crippen molar-refractivity contribution < 1.29 is 76.9 Å². The Morgan fingerprint density at radius 2 is 1.61 bits per heavy atom. The van der Waals surface area contributed by atoms with Crippen LogP contribution in [0.2, 0.25) is 0 Å². The molecule has 18 heteroatoms. The predicted molar refractivity (Wildman–Crippen MR) is 289 cm³/mol. The van der Waals surface area contributed by atoms with Gasteiger partial charge in [0.05, 0.1) is 43.9 Å². The van der Waals surface area contributed by atoms with Crippen LogP contribution >= 0.6 is 11.8 Å². The molecule has 0 spiro atoms. The number of hydrogen-bond acceptors (Lipinski definition) is 17. The summed E-state index contributed by atoms with van der Waals surface area (Å²) in [6.45, 7) is 14.2. The molecule has 430 valence electrons. The number of carbonyl (C=O) groups is 6. The number of ether oxygens (including phenoxy) is 8. The van der Waals surface area contributed by atoms with Gasteiger partial charge in [-0.1, -0.05) is 71.1 Å². The fourth-order valence-electron chi connectivity index (χ4n) is 11.0. The van der Waals surface area contributed by atoms with Gasteiger partial charge in [0, 0.05) is 71.3 Å². The highest BCUT2D eigenvalue weighted by atomic mass is 32.2. The normalized spacial score (nSPS) is 36.2. The summed E-state index contributed by atoms with van der Waals surface area (Å²) in [5.41, 5.74) is 1.24. The van der Waals surface area contributed by atoms with Gasteiger partial charge in [-0.3, -0.25) is 24.0 Å². The number of carbonyl (C=O) groups excluding carboxylic acids is 6. The predicted octanol–water partition coefficient (Wildman–Crippen LogP) is 7.13. The van der Waals surface area contributed by atoms with Crippen molar-refractivity contribution in [3.05, 3.63) is 47.6 Å². The molecule has 15 atom stereocenters. The van der Waals surface area contributed by atoms with Crippen molar-refractivity contribution in [1.29, 1.82) is 0 Å². The first-order valence-corrected chi connectivity index (χ1v) is 28.7. The van der Waals surface area contributed by atoms with Crippen LogP contribution in [0.5, 0.6) is 0 Å². The molecule has 1 amide bonds. The molecule has 4 aliphatic rings. The summed E-state index contributed by atoms with van der Waals surface area (Å²) < 4.78 is 46.2. The smallest absolute Gasteiger partial charge is 0.329 e. The van der Waals surface area contributed by atoms with E-state index in [0.717, 1.165) is 5.57 Å². The number of aliphatic hydroxyl groups is 2. The molecule has 0 aromatic heterocycles. The van der Waals surface area contributed by atoms with Crippen molar-refractivity contribution in [2.45, 2.75) is 180 Å². The molecule has 4 rings (SSSR count). The van der Waals surface area contributed by atoms with E-state index in [9.17, 15) is 39.0 Å². The van der Waals surface area contributed by atoms with E-state index in [1.54, 1.807) is 48.2 Å². The second kappa shape index (κ2) is 32.5. The number of hydrogen-bond donors (Lipinski definition) is 2. The first-order chi connectivity index (χ1) is 36.2. The number of amides is 1. The minimum atomic E-state index is -2.45. The molecule has 3 fully saturated rings. The van der Waals surface area contributed by atoms with Crippen molar-refractivity contribution in [3.8, 4) is 0 Å². The molecular formula is C58H91NO16S. The lowest BCUT2D eigenvalue weighted by atomic mass is 9.78. The van der Waals surface area contributed by atoms with E-state index in [4.69, 9.17) is 37.9 Å². The zero-order chi connectivity index (χ0) is 56.1. The SMILES string of the molecule is COCCOCCSCC(=O)O[C@@H]1CC[C@@H](C[C@@H](C)[C@@H]2CC(=O)[C@H](C)/C=C(\C)[C@@H](O)[C@@H](OC)C(=O)[C@H](C)C[C@H](C)/C=C/C=C/C=C(\C)[C@@H](OC)C[C@@H]3CC[C@@H](C)[C@@](O)(O3)C(=O)C(=O)N3CCCC[C@H]3C(=O)O2)C[C@H]1OC. The Morgan fingerprint density at radius 3 is 2.30 bits per heavy atom. The Bertz CT molecular complexity index is 2020. The van der Waals surface area contributed by atoms with Crippen LogP contribution in [-0.2, 0) is 66.7 Å². The van der Waals surface area contributed by atoms with E-state index in [-0.39, 0.29) is 60.6 Å². The van der Waals surface area contributed by atoms with Crippen LogP contribution in [0.1, 0.15) is 126 Å². The number of esters is 2. The number of fused-ring (bicyclic) bond motifs is 3. The van der Waals surface area contributed by atoms with Gasteiger partial charge in [-0.05, 0) is 107 Å². The second-order valence-electron chi connectivity index (χ2n) is 21.7. The van der Waals surface area contributed by atoms with Gasteiger partial charge in [-0.2, -0.15) is 0 Å². The molecule has 0 aromatic carbocycles. The molecule has 2 bridgehead atoms. The summed E-state index contributed by atoms with van der Waals surface area (Å²) in [5, 5.41) is 23.6. The highest BCUT2D eigenvalue weighted by molar-refractivity contribution is 7.99. The summed E-state index contributed by atoms with van der Waals surface area (Å²) >= 11 is 1.43. The lowest BCUT2D eigenvalue weighted by Crippen LogP contribution is -2.61. The second-order valence-corrected chi connectivity index (χ2v) is 22.8. The third-order valence-corrected chi connectivity index (χ3v) is 16.7. The molecule has 1 saturated carbocycles. The average molecular weight is 1090 g/mol. The van der Waals surface area contributed by atoms with E-state index in [0.29, 0.717) is 95.4 Å². The summed E-state index contributed by atoms with van der Waals surface area (Å²) in [4.78, 5) is 85.5. The molecule has 0 aromatic rings. The number of methoxy groups -OCH3 is 4. The number of rotatable bonds is 15. The van der Waals surface area contributed by atoms with Gasteiger partial charge in [-0.15, -0.1) is 11.8 Å². The number of thioether (sulfide) groups is 1. The molecule has 1 aliphatic carbocycles. The summed E-state index contributed by atoms with van der Waals surface area (Å²) in [5.74, 6) is -7.83. The van der Waals surface area contributed by atoms with Gasteiger partial charge in [0.25, 0.3) is 11.7 Å². The maximum absolute atomic E-state index is 14.6. The van der Waals surface area contributed by atoms with Crippen LogP contribution in [0.3, 0.4) is 0 Å². The fourth-order valence-corrected chi connectivity index (χ4v) is 11.6. The topological polar surface area (TPSA) is 220 Å². The van der Waals surface area contributed by atoms with E-state index >= 15 is 0 Å². The zero-order valence-electron chi connectivity index (χ0n) is 47.2.